The maximum Gasteiger partial charge on any atom is 0.243 e. The number of nitrogens with one attached hydrogen (secondary N) is 2. The molecule has 142 valence electrons. The van der Waals surface area contributed by atoms with Gasteiger partial charge in [-0.3, -0.25) is 0 Å². The van der Waals surface area contributed by atoms with E-state index in [1.165, 1.54) is 4.31 Å². The zero-order valence-corrected chi connectivity index (χ0v) is 18.1. The Balaban J connectivity index is 3.02. The molecule has 0 heterocycles. The topological polar surface area (TPSA) is 61.4 Å². The van der Waals surface area contributed by atoms with Gasteiger partial charge in [0.1, 0.15) is 0 Å². The lowest BCUT2D eigenvalue weighted by Gasteiger charge is -2.21. The van der Waals surface area contributed by atoms with Crippen molar-refractivity contribution in [3.05, 3.63) is 23.3 Å². The molecule has 8 heteroatoms. The third-order valence-electron chi connectivity index (χ3n) is 4.04. The van der Waals surface area contributed by atoms with Gasteiger partial charge in [0.05, 0.1) is 4.90 Å². The van der Waals surface area contributed by atoms with Crippen LogP contribution in [0.4, 0.5) is 5.69 Å². The molecule has 0 aliphatic rings. The van der Waals surface area contributed by atoms with E-state index < -0.39 is 10.0 Å². The number of anilines is 1. The number of thiocarbonyl (C=S) groups is 1. The molecule has 0 aliphatic heterocycles. The number of rotatable bonds is 9. The van der Waals surface area contributed by atoms with Crippen molar-refractivity contribution in [2.45, 2.75) is 39.0 Å². The highest BCUT2D eigenvalue weighted by atomic mass is 32.2. The van der Waals surface area contributed by atoms with E-state index >= 15 is 0 Å². The summed E-state index contributed by atoms with van der Waals surface area (Å²) in [5, 5.41) is 6.82. The van der Waals surface area contributed by atoms with Crippen LogP contribution in [0.25, 0.3) is 0 Å². The lowest BCUT2D eigenvalue weighted by molar-refractivity contribution is 0.445. The van der Waals surface area contributed by atoms with Crippen LogP contribution in [0.15, 0.2) is 17.0 Å². The molecule has 5 nitrogen and oxygen atoms in total. The summed E-state index contributed by atoms with van der Waals surface area (Å²) in [6.45, 7) is 9.25. The summed E-state index contributed by atoms with van der Waals surface area (Å²) in [6, 6.07) is 3.40. The molecular weight excluding hydrogens is 374 g/mol. The summed E-state index contributed by atoms with van der Waals surface area (Å²) in [5.74, 6) is 1.07. The first-order chi connectivity index (χ1) is 11.8. The number of hydrogen-bond donors (Lipinski definition) is 2. The number of thioether (sulfide) groups is 1. The molecule has 0 radical (unpaired) electrons. The minimum Gasteiger partial charge on any atom is -0.362 e. The standard InChI is InChI=1S/C17H29N3O2S3/c1-6-20(7-2)25(21,22)15-11-13(3)14(4)16(12-15)19-17(23)18-9-8-10-24-5/h11-12H,6-10H2,1-5H3,(H2,18,19,23). The van der Waals surface area contributed by atoms with Gasteiger partial charge < -0.3 is 10.6 Å². The highest BCUT2D eigenvalue weighted by molar-refractivity contribution is 7.98. The number of benzene rings is 1. The average molecular weight is 404 g/mol. The van der Waals surface area contributed by atoms with Crippen molar-refractivity contribution in [1.82, 2.24) is 9.62 Å². The van der Waals surface area contributed by atoms with Gasteiger partial charge in [0.25, 0.3) is 0 Å². The molecule has 0 unspecified atom stereocenters. The van der Waals surface area contributed by atoms with Crippen molar-refractivity contribution in [2.75, 3.05) is 37.0 Å². The van der Waals surface area contributed by atoms with E-state index in [-0.39, 0.29) is 0 Å². The molecule has 1 rings (SSSR count). The fourth-order valence-electron chi connectivity index (χ4n) is 2.40. The van der Waals surface area contributed by atoms with Crippen molar-refractivity contribution in [3.63, 3.8) is 0 Å². The van der Waals surface area contributed by atoms with Crippen molar-refractivity contribution in [1.29, 1.82) is 0 Å². The molecule has 0 saturated heterocycles. The summed E-state index contributed by atoms with van der Waals surface area (Å²) in [5.41, 5.74) is 2.64. The SMILES string of the molecule is CCN(CC)S(=O)(=O)c1cc(C)c(C)c(NC(=S)NCCCSC)c1. The van der Waals surface area contributed by atoms with E-state index in [0.29, 0.717) is 23.1 Å². The third-order valence-corrected chi connectivity index (χ3v) is 7.01. The largest absolute Gasteiger partial charge is 0.362 e. The number of hydrogen-bond acceptors (Lipinski definition) is 4. The molecule has 0 bridgehead atoms. The molecule has 1 aromatic carbocycles. The quantitative estimate of drug-likeness (QED) is 0.487. The Morgan fingerprint density at radius 2 is 1.88 bits per heavy atom. The Labute approximate surface area is 162 Å². The van der Waals surface area contributed by atoms with Crippen LogP contribution in [0, 0.1) is 13.8 Å². The minimum atomic E-state index is -3.50. The van der Waals surface area contributed by atoms with Gasteiger partial charge >= 0.3 is 0 Å². The fourth-order valence-corrected chi connectivity index (χ4v) is 4.62. The van der Waals surface area contributed by atoms with Crippen molar-refractivity contribution in [3.8, 4) is 0 Å². The highest BCUT2D eigenvalue weighted by Crippen LogP contribution is 2.26. The molecule has 0 aliphatic carbocycles. The van der Waals surface area contributed by atoms with Crippen LogP contribution in [0.2, 0.25) is 0 Å². The molecule has 25 heavy (non-hydrogen) atoms. The predicted molar refractivity (Wildman–Crippen MR) is 113 cm³/mol. The summed E-state index contributed by atoms with van der Waals surface area (Å²) in [6.07, 6.45) is 3.10. The second-order valence-electron chi connectivity index (χ2n) is 5.73. The second-order valence-corrected chi connectivity index (χ2v) is 9.06. The van der Waals surface area contributed by atoms with E-state index in [0.717, 1.165) is 35.5 Å². The summed E-state index contributed by atoms with van der Waals surface area (Å²) < 4.78 is 27.0. The van der Waals surface area contributed by atoms with Crippen LogP contribution >= 0.6 is 24.0 Å². The lowest BCUT2D eigenvalue weighted by Crippen LogP contribution is -2.31. The second kappa shape index (κ2) is 10.4. The van der Waals surface area contributed by atoms with Crippen molar-refractivity contribution >= 4 is 44.8 Å². The molecule has 0 fully saturated rings. The van der Waals surface area contributed by atoms with Crippen molar-refractivity contribution in [2.24, 2.45) is 0 Å². The predicted octanol–water partition coefficient (Wildman–Crippen LogP) is 3.37. The van der Waals surface area contributed by atoms with E-state index in [9.17, 15) is 8.42 Å². The van der Waals surface area contributed by atoms with Gasteiger partial charge in [-0.05, 0) is 67.8 Å². The van der Waals surface area contributed by atoms with Crippen LogP contribution in [-0.4, -0.2) is 49.5 Å². The minimum absolute atomic E-state index is 0.298. The number of aryl methyl sites for hydroxylation is 1. The van der Waals surface area contributed by atoms with Crippen LogP contribution in [0.3, 0.4) is 0 Å². The molecule has 0 atom stereocenters. The van der Waals surface area contributed by atoms with Gasteiger partial charge in [0.15, 0.2) is 5.11 Å². The number of nitrogens with zero attached hydrogens (tertiary/aromatic N) is 1. The summed E-state index contributed by atoms with van der Waals surface area (Å²) >= 11 is 7.13. The first-order valence-corrected chi connectivity index (χ1v) is 11.7. The molecule has 0 spiro atoms. The Bertz CT molecular complexity index is 687. The first-order valence-electron chi connectivity index (χ1n) is 8.43. The van der Waals surface area contributed by atoms with Crippen LogP contribution in [0.5, 0.6) is 0 Å². The Hall–Kier alpha value is -0.830. The van der Waals surface area contributed by atoms with E-state index in [2.05, 4.69) is 16.9 Å². The van der Waals surface area contributed by atoms with Gasteiger partial charge in [0, 0.05) is 25.3 Å². The fraction of sp³-hybridized carbons (Fsp3) is 0.588. The molecule has 2 N–H and O–H groups in total. The lowest BCUT2D eigenvalue weighted by atomic mass is 10.1. The average Bonchev–Trinajstić information content (AvgIpc) is 2.56. The highest BCUT2D eigenvalue weighted by Gasteiger charge is 2.23. The zero-order chi connectivity index (χ0) is 19.0. The van der Waals surface area contributed by atoms with E-state index in [1.54, 1.807) is 23.9 Å². The molecule has 0 saturated carbocycles. The van der Waals surface area contributed by atoms with Crippen LogP contribution in [0.1, 0.15) is 31.4 Å². The van der Waals surface area contributed by atoms with Gasteiger partial charge in [0.2, 0.25) is 10.0 Å². The van der Waals surface area contributed by atoms with E-state index in [4.69, 9.17) is 12.2 Å². The normalized spacial score (nSPS) is 11.6. The van der Waals surface area contributed by atoms with Crippen molar-refractivity contribution < 1.29 is 8.42 Å². The van der Waals surface area contributed by atoms with Crippen LogP contribution < -0.4 is 10.6 Å². The van der Waals surface area contributed by atoms with Gasteiger partial charge in [-0.25, -0.2) is 8.42 Å². The van der Waals surface area contributed by atoms with E-state index in [1.807, 2.05) is 27.7 Å². The first kappa shape index (κ1) is 22.2. The molecule has 1 aromatic rings. The summed E-state index contributed by atoms with van der Waals surface area (Å²) in [4.78, 5) is 0.298. The van der Waals surface area contributed by atoms with Gasteiger partial charge in [-0.2, -0.15) is 16.1 Å². The summed E-state index contributed by atoms with van der Waals surface area (Å²) in [7, 11) is -3.50. The monoisotopic (exact) mass is 403 g/mol. The van der Waals surface area contributed by atoms with Gasteiger partial charge in [-0.1, -0.05) is 13.8 Å². The third kappa shape index (κ3) is 6.13. The smallest absolute Gasteiger partial charge is 0.243 e. The zero-order valence-electron chi connectivity index (χ0n) is 15.7. The Morgan fingerprint density at radius 1 is 1.24 bits per heavy atom. The maximum absolute atomic E-state index is 12.8. The van der Waals surface area contributed by atoms with Crippen LogP contribution in [-0.2, 0) is 10.0 Å². The Kier molecular flexibility index (Phi) is 9.20. The molecular formula is C17H29N3O2S3. The number of sulfonamides is 1. The Morgan fingerprint density at radius 3 is 2.44 bits per heavy atom. The van der Waals surface area contributed by atoms with Gasteiger partial charge in [-0.15, -0.1) is 0 Å². The maximum atomic E-state index is 12.8. The molecule has 0 amide bonds. The molecule has 0 aromatic heterocycles.